The third-order valence-corrected chi connectivity index (χ3v) is 2.45. The molecule has 0 aliphatic rings. The molecule has 2 aromatic rings. The van der Waals surface area contributed by atoms with E-state index in [2.05, 4.69) is 10.3 Å². The smallest absolute Gasteiger partial charge is 0.270 e. The molecule has 2 rings (SSSR count). The van der Waals surface area contributed by atoms with Crippen molar-refractivity contribution >= 4 is 17.4 Å². The molecule has 0 unspecified atom stereocenters. The highest BCUT2D eigenvalue weighted by atomic mass is 16.6. The molecule has 1 heterocycles. The van der Waals surface area contributed by atoms with Crippen LogP contribution in [0, 0.1) is 17.0 Å². The van der Waals surface area contributed by atoms with E-state index in [1.54, 1.807) is 12.1 Å². The number of amides is 1. The first-order valence-corrected chi connectivity index (χ1v) is 5.56. The van der Waals surface area contributed by atoms with Crippen LogP contribution < -0.4 is 5.32 Å². The van der Waals surface area contributed by atoms with Gasteiger partial charge < -0.3 is 5.32 Å². The van der Waals surface area contributed by atoms with Crippen LogP contribution in [0.25, 0.3) is 0 Å². The predicted octanol–water partition coefficient (Wildman–Crippen LogP) is 2.55. The molecule has 6 heteroatoms. The summed E-state index contributed by atoms with van der Waals surface area (Å²) in [6.07, 6.45) is 0. The van der Waals surface area contributed by atoms with Crippen LogP contribution in [0.2, 0.25) is 0 Å². The van der Waals surface area contributed by atoms with Crippen LogP contribution in [0.4, 0.5) is 11.5 Å². The fourth-order valence-corrected chi connectivity index (χ4v) is 1.56. The van der Waals surface area contributed by atoms with Crippen LogP contribution in [0.3, 0.4) is 0 Å². The Morgan fingerprint density at radius 2 is 2.00 bits per heavy atom. The van der Waals surface area contributed by atoms with Gasteiger partial charge in [0.15, 0.2) is 0 Å². The van der Waals surface area contributed by atoms with E-state index in [0.29, 0.717) is 5.82 Å². The molecule has 0 spiro atoms. The lowest BCUT2D eigenvalue weighted by Crippen LogP contribution is -2.13. The molecule has 96 valence electrons. The van der Waals surface area contributed by atoms with Crippen molar-refractivity contribution in [2.75, 3.05) is 5.32 Å². The van der Waals surface area contributed by atoms with Gasteiger partial charge in [-0.05, 0) is 25.1 Å². The van der Waals surface area contributed by atoms with E-state index in [9.17, 15) is 14.9 Å². The highest BCUT2D eigenvalue weighted by Crippen LogP contribution is 2.14. The number of nitrogens with zero attached hydrogens (tertiary/aromatic N) is 2. The van der Waals surface area contributed by atoms with Gasteiger partial charge in [-0.3, -0.25) is 14.9 Å². The number of rotatable bonds is 3. The summed E-state index contributed by atoms with van der Waals surface area (Å²) in [5.41, 5.74) is 0.874. The Morgan fingerprint density at radius 3 is 2.68 bits per heavy atom. The second kappa shape index (κ2) is 5.26. The first kappa shape index (κ1) is 12.7. The quantitative estimate of drug-likeness (QED) is 0.676. The summed E-state index contributed by atoms with van der Waals surface area (Å²) in [6, 6.07) is 10.8. The molecule has 1 aromatic carbocycles. The number of non-ortho nitro benzene ring substituents is 1. The Bertz CT molecular complexity index is 641. The maximum atomic E-state index is 11.9. The van der Waals surface area contributed by atoms with Gasteiger partial charge in [-0.15, -0.1) is 0 Å². The summed E-state index contributed by atoms with van der Waals surface area (Å²) in [5.74, 6) is -0.0155. The lowest BCUT2D eigenvalue weighted by atomic mass is 10.2. The molecule has 0 fully saturated rings. The van der Waals surface area contributed by atoms with E-state index in [1.807, 2.05) is 13.0 Å². The Labute approximate surface area is 109 Å². The van der Waals surface area contributed by atoms with E-state index >= 15 is 0 Å². The molecule has 6 nitrogen and oxygen atoms in total. The zero-order chi connectivity index (χ0) is 13.8. The summed E-state index contributed by atoms with van der Waals surface area (Å²) in [7, 11) is 0. The summed E-state index contributed by atoms with van der Waals surface area (Å²) >= 11 is 0. The third-order valence-electron chi connectivity index (χ3n) is 2.45. The topological polar surface area (TPSA) is 85.1 Å². The number of benzene rings is 1. The van der Waals surface area contributed by atoms with Crippen LogP contribution in [-0.4, -0.2) is 15.8 Å². The summed E-state index contributed by atoms with van der Waals surface area (Å²) < 4.78 is 0. The van der Waals surface area contributed by atoms with Crippen LogP contribution >= 0.6 is 0 Å². The molecular formula is C13H11N3O3. The van der Waals surface area contributed by atoms with Crippen molar-refractivity contribution < 1.29 is 9.72 Å². The largest absolute Gasteiger partial charge is 0.307 e. The molecule has 1 N–H and O–H groups in total. The first-order chi connectivity index (χ1) is 9.06. The average molecular weight is 257 g/mol. The summed E-state index contributed by atoms with van der Waals surface area (Å²) in [5, 5.41) is 13.2. The molecule has 1 amide bonds. The molecule has 0 aliphatic carbocycles. The number of carbonyl (C=O) groups excluding carboxylic acids is 1. The van der Waals surface area contributed by atoms with Gasteiger partial charge in [0.05, 0.1) is 4.92 Å². The summed E-state index contributed by atoms with van der Waals surface area (Å²) in [4.78, 5) is 26.2. The third kappa shape index (κ3) is 3.12. The number of anilines is 1. The summed E-state index contributed by atoms with van der Waals surface area (Å²) in [6.45, 7) is 1.81. The van der Waals surface area contributed by atoms with Crippen molar-refractivity contribution in [3.8, 4) is 0 Å². The Kier molecular flexibility index (Phi) is 3.51. The predicted molar refractivity (Wildman–Crippen MR) is 70.0 cm³/mol. The number of hydrogen-bond donors (Lipinski definition) is 1. The zero-order valence-corrected chi connectivity index (χ0v) is 10.2. The number of aromatic nitrogens is 1. The number of nitrogens with one attached hydrogen (secondary N) is 1. The van der Waals surface area contributed by atoms with Crippen LogP contribution in [-0.2, 0) is 0 Å². The number of nitro groups is 1. The minimum absolute atomic E-state index is 0.121. The maximum absolute atomic E-state index is 11.9. The minimum atomic E-state index is -0.540. The number of hydrogen-bond acceptors (Lipinski definition) is 4. The Hall–Kier alpha value is -2.76. The molecule has 0 saturated carbocycles. The number of nitro benzene ring substituents is 1. The molecule has 1 aromatic heterocycles. The molecule has 0 saturated heterocycles. The first-order valence-electron chi connectivity index (χ1n) is 5.56. The monoisotopic (exact) mass is 257 g/mol. The molecule has 0 atom stereocenters. The van der Waals surface area contributed by atoms with E-state index < -0.39 is 10.8 Å². The molecular weight excluding hydrogens is 246 g/mol. The molecule has 0 bridgehead atoms. The van der Waals surface area contributed by atoms with E-state index in [-0.39, 0.29) is 11.3 Å². The fraction of sp³-hybridized carbons (Fsp3) is 0.0769. The van der Waals surface area contributed by atoms with E-state index in [1.165, 1.54) is 24.3 Å². The van der Waals surface area contributed by atoms with Crippen molar-refractivity contribution in [3.05, 3.63) is 63.8 Å². The van der Waals surface area contributed by atoms with E-state index in [4.69, 9.17) is 0 Å². The standard InChI is InChI=1S/C13H11N3O3/c1-9-4-2-7-12(14-9)15-13(17)10-5-3-6-11(8-10)16(18)19/h2-8H,1H3,(H,14,15,17). The highest BCUT2D eigenvalue weighted by molar-refractivity contribution is 6.04. The van der Waals surface area contributed by atoms with Gasteiger partial charge in [-0.1, -0.05) is 12.1 Å². The highest BCUT2D eigenvalue weighted by Gasteiger charge is 2.11. The van der Waals surface area contributed by atoms with Gasteiger partial charge in [0, 0.05) is 23.4 Å². The Morgan fingerprint density at radius 1 is 1.26 bits per heavy atom. The SMILES string of the molecule is Cc1cccc(NC(=O)c2cccc([N+](=O)[O-])c2)n1. The minimum Gasteiger partial charge on any atom is -0.307 e. The normalized spacial score (nSPS) is 9.95. The van der Waals surface area contributed by atoms with Gasteiger partial charge in [-0.25, -0.2) is 4.98 Å². The number of carbonyl (C=O) groups is 1. The van der Waals surface area contributed by atoms with Crippen molar-refractivity contribution in [2.24, 2.45) is 0 Å². The van der Waals surface area contributed by atoms with Crippen molar-refractivity contribution in [3.63, 3.8) is 0 Å². The van der Waals surface area contributed by atoms with E-state index in [0.717, 1.165) is 5.69 Å². The van der Waals surface area contributed by atoms with Gasteiger partial charge in [0.1, 0.15) is 5.82 Å². The number of pyridine rings is 1. The van der Waals surface area contributed by atoms with Gasteiger partial charge in [0.2, 0.25) is 0 Å². The number of aryl methyl sites for hydroxylation is 1. The zero-order valence-electron chi connectivity index (χ0n) is 10.2. The average Bonchev–Trinajstić information content (AvgIpc) is 2.39. The second-order valence-electron chi connectivity index (χ2n) is 3.93. The maximum Gasteiger partial charge on any atom is 0.270 e. The molecule has 0 radical (unpaired) electrons. The van der Waals surface area contributed by atoms with Gasteiger partial charge in [-0.2, -0.15) is 0 Å². The van der Waals surface area contributed by atoms with Crippen LogP contribution in [0.15, 0.2) is 42.5 Å². The molecule has 0 aliphatic heterocycles. The van der Waals surface area contributed by atoms with Crippen molar-refractivity contribution in [1.82, 2.24) is 4.98 Å². The second-order valence-corrected chi connectivity index (χ2v) is 3.93. The lowest BCUT2D eigenvalue weighted by molar-refractivity contribution is -0.384. The fourth-order valence-electron chi connectivity index (χ4n) is 1.56. The molecule has 19 heavy (non-hydrogen) atoms. The van der Waals surface area contributed by atoms with Gasteiger partial charge in [0.25, 0.3) is 11.6 Å². The lowest BCUT2D eigenvalue weighted by Gasteiger charge is -2.04. The van der Waals surface area contributed by atoms with Crippen molar-refractivity contribution in [1.29, 1.82) is 0 Å². The Balaban J connectivity index is 2.20. The van der Waals surface area contributed by atoms with Gasteiger partial charge >= 0.3 is 0 Å². The van der Waals surface area contributed by atoms with Crippen molar-refractivity contribution in [2.45, 2.75) is 6.92 Å². The van der Waals surface area contributed by atoms with Crippen LogP contribution in [0.5, 0.6) is 0 Å². The van der Waals surface area contributed by atoms with Crippen LogP contribution in [0.1, 0.15) is 16.1 Å².